The molecule has 2 aliphatic heterocycles. The standard InChI is InChI=1S/C28H31N3O4/c1-33-23-9-5-6-10-24(23)35-26-25(29-15-16-30-26)21-11-17-31(18-12-21)27(32)28(13-19-34-20-14-28)22-7-3-2-4-8-22/h2-10,15-16,21H,11-14,17-20H2,1H3. The Morgan fingerprint density at radius 1 is 0.943 bits per heavy atom. The van der Waals surface area contributed by atoms with E-state index in [0.717, 1.165) is 36.9 Å². The minimum atomic E-state index is -0.503. The van der Waals surface area contributed by atoms with E-state index in [-0.39, 0.29) is 11.8 Å². The van der Waals surface area contributed by atoms with Gasteiger partial charge in [-0.25, -0.2) is 4.98 Å². The van der Waals surface area contributed by atoms with E-state index < -0.39 is 5.41 Å². The van der Waals surface area contributed by atoms with E-state index in [2.05, 4.69) is 22.1 Å². The normalized spacial score (nSPS) is 18.1. The average Bonchev–Trinajstić information content (AvgIpc) is 2.94. The summed E-state index contributed by atoms with van der Waals surface area (Å²) < 4.78 is 17.2. The van der Waals surface area contributed by atoms with Crippen molar-refractivity contribution in [1.29, 1.82) is 0 Å². The van der Waals surface area contributed by atoms with E-state index in [1.165, 1.54) is 0 Å². The van der Waals surface area contributed by atoms with Crippen molar-refractivity contribution in [1.82, 2.24) is 14.9 Å². The van der Waals surface area contributed by atoms with Crippen molar-refractivity contribution < 1.29 is 19.0 Å². The maximum Gasteiger partial charge on any atom is 0.241 e. The molecule has 0 spiro atoms. The highest BCUT2D eigenvalue weighted by atomic mass is 16.5. The Balaban J connectivity index is 1.32. The molecule has 7 nitrogen and oxygen atoms in total. The number of methoxy groups -OCH3 is 1. The zero-order valence-corrected chi connectivity index (χ0v) is 20.1. The second-order valence-electron chi connectivity index (χ2n) is 9.13. The fourth-order valence-corrected chi connectivity index (χ4v) is 5.26. The van der Waals surface area contributed by atoms with E-state index in [0.29, 0.717) is 43.7 Å². The quantitative estimate of drug-likeness (QED) is 0.515. The van der Waals surface area contributed by atoms with Gasteiger partial charge in [-0.1, -0.05) is 42.5 Å². The number of para-hydroxylation sites is 2. The molecule has 182 valence electrons. The number of ether oxygens (including phenoxy) is 3. The minimum Gasteiger partial charge on any atom is -0.493 e. The van der Waals surface area contributed by atoms with Gasteiger partial charge in [0.05, 0.1) is 12.5 Å². The van der Waals surface area contributed by atoms with Crippen molar-refractivity contribution in [2.24, 2.45) is 0 Å². The molecular formula is C28H31N3O4. The number of hydrogen-bond acceptors (Lipinski definition) is 6. The largest absolute Gasteiger partial charge is 0.493 e. The Bertz CT molecular complexity index is 1140. The van der Waals surface area contributed by atoms with Crippen LogP contribution in [0.2, 0.25) is 0 Å². The van der Waals surface area contributed by atoms with Crippen LogP contribution >= 0.6 is 0 Å². The van der Waals surface area contributed by atoms with E-state index in [4.69, 9.17) is 14.2 Å². The molecule has 1 aromatic heterocycles. The summed E-state index contributed by atoms with van der Waals surface area (Å²) in [6.45, 7) is 2.59. The molecule has 2 saturated heterocycles. The summed E-state index contributed by atoms with van der Waals surface area (Å²) in [5.41, 5.74) is 1.42. The van der Waals surface area contributed by atoms with E-state index in [1.807, 2.05) is 47.4 Å². The average molecular weight is 474 g/mol. The lowest BCUT2D eigenvalue weighted by Gasteiger charge is -2.42. The molecule has 0 radical (unpaired) electrons. The maximum atomic E-state index is 13.9. The SMILES string of the molecule is COc1ccccc1Oc1nccnc1C1CCN(C(=O)C2(c3ccccc3)CCOCC2)CC1. The van der Waals surface area contributed by atoms with Crippen LogP contribution in [0.1, 0.15) is 42.9 Å². The third kappa shape index (κ3) is 4.73. The molecule has 0 bridgehead atoms. The van der Waals surface area contributed by atoms with E-state index in [9.17, 15) is 4.79 Å². The summed E-state index contributed by atoms with van der Waals surface area (Å²) in [6, 6.07) is 17.7. The topological polar surface area (TPSA) is 73.8 Å². The highest BCUT2D eigenvalue weighted by Crippen LogP contribution is 2.40. The van der Waals surface area contributed by atoms with Crippen LogP contribution in [-0.4, -0.2) is 54.2 Å². The van der Waals surface area contributed by atoms with Gasteiger partial charge < -0.3 is 19.1 Å². The molecule has 0 N–H and O–H groups in total. The predicted molar refractivity (Wildman–Crippen MR) is 132 cm³/mol. The molecule has 35 heavy (non-hydrogen) atoms. The maximum absolute atomic E-state index is 13.9. The first kappa shape index (κ1) is 23.3. The van der Waals surface area contributed by atoms with Gasteiger partial charge in [-0.3, -0.25) is 9.78 Å². The number of rotatable bonds is 6. The second-order valence-corrected chi connectivity index (χ2v) is 9.13. The van der Waals surface area contributed by atoms with Gasteiger partial charge in [0.1, 0.15) is 5.69 Å². The summed E-state index contributed by atoms with van der Waals surface area (Å²) in [6.07, 6.45) is 6.41. The van der Waals surface area contributed by atoms with Gasteiger partial charge in [0.25, 0.3) is 0 Å². The molecule has 0 aliphatic carbocycles. The fraction of sp³-hybridized carbons (Fsp3) is 0.393. The van der Waals surface area contributed by atoms with Crippen molar-refractivity contribution >= 4 is 5.91 Å². The van der Waals surface area contributed by atoms with E-state index >= 15 is 0 Å². The first-order valence-corrected chi connectivity index (χ1v) is 12.3. The highest BCUT2D eigenvalue weighted by molar-refractivity contribution is 5.88. The van der Waals surface area contributed by atoms with Crippen molar-refractivity contribution in [2.45, 2.75) is 37.0 Å². The third-order valence-corrected chi connectivity index (χ3v) is 7.22. The number of benzene rings is 2. The van der Waals surface area contributed by atoms with Gasteiger partial charge >= 0.3 is 0 Å². The molecule has 5 rings (SSSR count). The molecular weight excluding hydrogens is 442 g/mol. The van der Waals surface area contributed by atoms with Crippen molar-refractivity contribution in [3.63, 3.8) is 0 Å². The van der Waals surface area contributed by atoms with Gasteiger partial charge in [-0.15, -0.1) is 0 Å². The summed E-state index contributed by atoms with van der Waals surface area (Å²) in [7, 11) is 1.62. The van der Waals surface area contributed by atoms with Crippen LogP contribution in [0.3, 0.4) is 0 Å². The molecule has 2 aliphatic rings. The molecule has 0 saturated carbocycles. The molecule has 0 unspecified atom stereocenters. The first-order chi connectivity index (χ1) is 17.2. The Kier molecular flexibility index (Phi) is 6.95. The number of hydrogen-bond donors (Lipinski definition) is 0. The number of nitrogens with zero attached hydrogens (tertiary/aromatic N) is 3. The lowest BCUT2D eigenvalue weighted by Crippen LogP contribution is -2.51. The van der Waals surface area contributed by atoms with Crippen LogP contribution in [0.5, 0.6) is 17.4 Å². The predicted octanol–water partition coefficient (Wildman–Crippen LogP) is 4.73. The second kappa shape index (κ2) is 10.4. The third-order valence-electron chi connectivity index (χ3n) is 7.22. The zero-order chi connectivity index (χ0) is 24.1. The van der Waals surface area contributed by atoms with Gasteiger partial charge in [-0.05, 0) is 43.4 Å². The van der Waals surface area contributed by atoms with Crippen molar-refractivity contribution in [3.8, 4) is 17.4 Å². The number of likely N-dealkylation sites (tertiary alicyclic amines) is 1. The number of piperidine rings is 1. The summed E-state index contributed by atoms with van der Waals surface area (Å²) >= 11 is 0. The van der Waals surface area contributed by atoms with E-state index in [1.54, 1.807) is 19.5 Å². The van der Waals surface area contributed by atoms with Gasteiger partial charge in [0, 0.05) is 44.6 Å². The Morgan fingerprint density at radius 3 is 2.31 bits per heavy atom. The molecule has 3 heterocycles. The smallest absolute Gasteiger partial charge is 0.241 e. The first-order valence-electron chi connectivity index (χ1n) is 12.3. The van der Waals surface area contributed by atoms with Crippen molar-refractivity contribution in [2.75, 3.05) is 33.4 Å². The Hall–Kier alpha value is -3.45. The van der Waals surface area contributed by atoms with Gasteiger partial charge in [-0.2, -0.15) is 0 Å². The van der Waals surface area contributed by atoms with Crippen LogP contribution in [0.25, 0.3) is 0 Å². The molecule has 1 amide bonds. The molecule has 2 fully saturated rings. The molecule has 3 aromatic rings. The van der Waals surface area contributed by atoms with Crippen LogP contribution in [0, 0.1) is 0 Å². The zero-order valence-electron chi connectivity index (χ0n) is 20.1. The minimum absolute atomic E-state index is 0.167. The summed E-state index contributed by atoms with van der Waals surface area (Å²) in [5, 5.41) is 0. The molecule has 0 atom stereocenters. The monoisotopic (exact) mass is 473 g/mol. The molecule has 2 aromatic carbocycles. The number of carbonyl (C=O) groups excluding carboxylic acids is 1. The Morgan fingerprint density at radius 2 is 1.60 bits per heavy atom. The lowest BCUT2D eigenvalue weighted by molar-refractivity contribution is -0.142. The molecule has 7 heteroatoms. The Labute approximate surface area is 206 Å². The summed E-state index contributed by atoms with van der Waals surface area (Å²) in [4.78, 5) is 25.0. The van der Waals surface area contributed by atoms with Crippen LogP contribution < -0.4 is 9.47 Å². The number of amides is 1. The van der Waals surface area contributed by atoms with Crippen LogP contribution in [0.4, 0.5) is 0 Å². The fourth-order valence-electron chi connectivity index (χ4n) is 5.26. The van der Waals surface area contributed by atoms with Crippen LogP contribution in [-0.2, 0) is 14.9 Å². The number of aromatic nitrogens is 2. The lowest BCUT2D eigenvalue weighted by atomic mass is 9.72. The van der Waals surface area contributed by atoms with Crippen molar-refractivity contribution in [3.05, 3.63) is 78.2 Å². The number of carbonyl (C=O) groups is 1. The highest BCUT2D eigenvalue weighted by Gasteiger charge is 2.44. The van der Waals surface area contributed by atoms with Gasteiger partial charge in [0.15, 0.2) is 11.5 Å². The van der Waals surface area contributed by atoms with Gasteiger partial charge in [0.2, 0.25) is 11.8 Å². The summed E-state index contributed by atoms with van der Waals surface area (Å²) in [5.74, 6) is 2.13. The van der Waals surface area contributed by atoms with Crippen LogP contribution in [0.15, 0.2) is 67.0 Å².